The minimum absolute atomic E-state index is 0.449. The van der Waals surface area contributed by atoms with Gasteiger partial charge in [-0.25, -0.2) is 4.21 Å². The SMILES string of the molecule is COCCOCCOc1ccc(S(=O)c2ccc(OCCOCCOC)cc2)cc1. The molecule has 0 fully saturated rings. The van der Waals surface area contributed by atoms with Crippen LogP contribution in [0.2, 0.25) is 0 Å². The zero-order valence-corrected chi connectivity index (χ0v) is 18.4. The van der Waals surface area contributed by atoms with E-state index in [1.165, 1.54) is 0 Å². The highest BCUT2D eigenvalue weighted by Crippen LogP contribution is 2.22. The summed E-state index contributed by atoms with van der Waals surface area (Å²) in [5.41, 5.74) is 0. The fourth-order valence-electron chi connectivity index (χ4n) is 2.38. The molecule has 0 aliphatic rings. The normalized spacial score (nSPS) is 11.0. The smallest absolute Gasteiger partial charge is 0.119 e. The van der Waals surface area contributed by atoms with Crippen molar-refractivity contribution >= 4 is 10.8 Å². The van der Waals surface area contributed by atoms with Crippen molar-refractivity contribution in [2.24, 2.45) is 0 Å². The van der Waals surface area contributed by atoms with Crippen LogP contribution in [0.1, 0.15) is 0 Å². The molecule has 30 heavy (non-hydrogen) atoms. The molecule has 0 radical (unpaired) electrons. The molecule has 0 saturated heterocycles. The molecule has 2 aromatic rings. The van der Waals surface area contributed by atoms with Crippen LogP contribution >= 0.6 is 0 Å². The van der Waals surface area contributed by atoms with Gasteiger partial charge in [0.25, 0.3) is 0 Å². The van der Waals surface area contributed by atoms with Crippen LogP contribution in [0.15, 0.2) is 58.3 Å². The Kier molecular flexibility index (Phi) is 12.1. The first-order valence-electron chi connectivity index (χ1n) is 9.75. The largest absolute Gasteiger partial charge is 0.491 e. The number of methoxy groups -OCH3 is 2. The molecule has 0 aliphatic heterocycles. The molecular formula is C22H30O7S. The standard InChI is InChI=1S/C22H30O7S/c1-24-11-13-26-15-17-28-19-3-7-21(8-4-19)30(23)22-9-5-20(6-10-22)29-18-16-27-14-12-25-2/h3-10H,11-18H2,1-2H3. The quantitative estimate of drug-likeness (QED) is 0.373. The van der Waals surface area contributed by atoms with Crippen molar-refractivity contribution in [3.63, 3.8) is 0 Å². The van der Waals surface area contributed by atoms with Crippen LogP contribution in [0.25, 0.3) is 0 Å². The van der Waals surface area contributed by atoms with Crippen molar-refractivity contribution in [1.29, 1.82) is 0 Å². The Morgan fingerprint density at radius 1 is 0.567 bits per heavy atom. The predicted octanol–water partition coefficient (Wildman–Crippen LogP) is 2.94. The number of hydrogen-bond donors (Lipinski definition) is 0. The topological polar surface area (TPSA) is 72.5 Å². The lowest BCUT2D eigenvalue weighted by Crippen LogP contribution is -2.10. The molecular weight excluding hydrogens is 408 g/mol. The molecule has 0 heterocycles. The van der Waals surface area contributed by atoms with E-state index in [1.807, 2.05) is 24.3 Å². The van der Waals surface area contributed by atoms with Crippen LogP contribution in [0.4, 0.5) is 0 Å². The van der Waals surface area contributed by atoms with Crippen LogP contribution in [-0.2, 0) is 29.7 Å². The fraction of sp³-hybridized carbons (Fsp3) is 0.455. The third-order valence-electron chi connectivity index (χ3n) is 3.93. The second-order valence-corrected chi connectivity index (χ2v) is 7.60. The third kappa shape index (κ3) is 9.23. The van der Waals surface area contributed by atoms with Gasteiger partial charge in [-0.15, -0.1) is 0 Å². The molecule has 7 nitrogen and oxygen atoms in total. The summed E-state index contributed by atoms with van der Waals surface area (Å²) < 4.78 is 44.5. The Hall–Kier alpha value is -1.97. The summed E-state index contributed by atoms with van der Waals surface area (Å²) in [4.78, 5) is 1.41. The summed E-state index contributed by atoms with van der Waals surface area (Å²) in [6, 6.07) is 14.5. The number of hydrogen-bond acceptors (Lipinski definition) is 7. The van der Waals surface area contributed by atoms with Gasteiger partial charge in [0, 0.05) is 24.0 Å². The number of rotatable bonds is 16. The van der Waals surface area contributed by atoms with Gasteiger partial charge in [0.05, 0.1) is 50.4 Å². The molecule has 2 rings (SSSR count). The van der Waals surface area contributed by atoms with Gasteiger partial charge in [0.15, 0.2) is 0 Å². The van der Waals surface area contributed by atoms with Crippen LogP contribution in [-0.4, -0.2) is 71.3 Å². The van der Waals surface area contributed by atoms with Gasteiger partial charge in [-0.2, -0.15) is 0 Å². The van der Waals surface area contributed by atoms with E-state index >= 15 is 0 Å². The summed E-state index contributed by atoms with van der Waals surface area (Å²) in [5, 5.41) is 0. The van der Waals surface area contributed by atoms with Gasteiger partial charge in [0.1, 0.15) is 24.7 Å². The molecule has 0 spiro atoms. The molecule has 8 heteroatoms. The highest BCUT2D eigenvalue weighted by molar-refractivity contribution is 7.85. The maximum absolute atomic E-state index is 12.8. The van der Waals surface area contributed by atoms with E-state index in [0.29, 0.717) is 74.1 Å². The summed E-state index contributed by atoms with van der Waals surface area (Å²) in [5.74, 6) is 1.42. The average molecular weight is 439 g/mol. The summed E-state index contributed by atoms with van der Waals surface area (Å²) in [6.07, 6.45) is 0. The van der Waals surface area contributed by atoms with Crippen molar-refractivity contribution in [2.45, 2.75) is 9.79 Å². The van der Waals surface area contributed by atoms with Crippen molar-refractivity contribution < 1.29 is 32.6 Å². The summed E-state index contributed by atoms with van der Waals surface area (Å²) in [6.45, 7) is 4.10. The molecule has 0 aliphatic carbocycles. The van der Waals surface area contributed by atoms with Gasteiger partial charge >= 0.3 is 0 Å². The van der Waals surface area contributed by atoms with E-state index in [9.17, 15) is 4.21 Å². The number of benzene rings is 2. The van der Waals surface area contributed by atoms with E-state index in [1.54, 1.807) is 38.5 Å². The average Bonchev–Trinajstić information content (AvgIpc) is 2.79. The molecule has 0 aromatic heterocycles. The Balaban J connectivity index is 1.75. The first-order chi connectivity index (χ1) is 14.7. The molecule has 0 unspecified atom stereocenters. The highest BCUT2D eigenvalue weighted by Gasteiger charge is 2.08. The van der Waals surface area contributed by atoms with Crippen LogP contribution in [0.5, 0.6) is 11.5 Å². The molecule has 0 N–H and O–H groups in total. The second-order valence-electron chi connectivity index (χ2n) is 6.12. The van der Waals surface area contributed by atoms with Crippen molar-refractivity contribution in [3.8, 4) is 11.5 Å². The van der Waals surface area contributed by atoms with E-state index in [4.69, 9.17) is 28.4 Å². The van der Waals surface area contributed by atoms with Gasteiger partial charge in [-0.1, -0.05) is 0 Å². The molecule has 0 amide bonds. The molecule has 2 aromatic carbocycles. The fourth-order valence-corrected chi connectivity index (χ4v) is 3.42. The number of ether oxygens (including phenoxy) is 6. The molecule has 166 valence electrons. The van der Waals surface area contributed by atoms with E-state index in [2.05, 4.69) is 0 Å². The maximum Gasteiger partial charge on any atom is 0.119 e. The minimum Gasteiger partial charge on any atom is -0.491 e. The van der Waals surface area contributed by atoms with Crippen LogP contribution in [0.3, 0.4) is 0 Å². The van der Waals surface area contributed by atoms with Crippen LogP contribution in [0, 0.1) is 0 Å². The maximum atomic E-state index is 12.8. The zero-order chi connectivity index (χ0) is 21.4. The first-order valence-corrected chi connectivity index (χ1v) is 10.9. The van der Waals surface area contributed by atoms with Gasteiger partial charge in [0.2, 0.25) is 0 Å². The van der Waals surface area contributed by atoms with Gasteiger partial charge in [-0.05, 0) is 48.5 Å². The zero-order valence-electron chi connectivity index (χ0n) is 17.5. The third-order valence-corrected chi connectivity index (χ3v) is 5.33. The molecule has 0 atom stereocenters. The molecule has 0 saturated carbocycles. The first kappa shape index (κ1) is 24.3. The second kappa shape index (κ2) is 14.9. The van der Waals surface area contributed by atoms with Crippen LogP contribution < -0.4 is 9.47 Å². The Morgan fingerprint density at radius 3 is 1.30 bits per heavy atom. The lowest BCUT2D eigenvalue weighted by Gasteiger charge is -2.09. The van der Waals surface area contributed by atoms with Crippen molar-refractivity contribution in [1.82, 2.24) is 0 Å². The van der Waals surface area contributed by atoms with Gasteiger partial charge < -0.3 is 28.4 Å². The summed E-state index contributed by atoms with van der Waals surface area (Å²) in [7, 11) is 2.00. The van der Waals surface area contributed by atoms with Gasteiger partial charge in [-0.3, -0.25) is 0 Å². The van der Waals surface area contributed by atoms with Crippen molar-refractivity contribution in [3.05, 3.63) is 48.5 Å². The monoisotopic (exact) mass is 438 g/mol. The highest BCUT2D eigenvalue weighted by atomic mass is 32.2. The van der Waals surface area contributed by atoms with E-state index in [0.717, 1.165) is 0 Å². The minimum atomic E-state index is -1.27. The van der Waals surface area contributed by atoms with Crippen molar-refractivity contribution in [2.75, 3.05) is 67.1 Å². The Bertz CT molecular complexity index is 658. The Morgan fingerprint density at radius 2 is 0.933 bits per heavy atom. The van der Waals surface area contributed by atoms with E-state index < -0.39 is 10.8 Å². The predicted molar refractivity (Wildman–Crippen MR) is 114 cm³/mol. The summed E-state index contributed by atoms with van der Waals surface area (Å²) >= 11 is 0. The lowest BCUT2D eigenvalue weighted by atomic mass is 10.3. The molecule has 0 bridgehead atoms. The van der Waals surface area contributed by atoms with E-state index in [-0.39, 0.29) is 0 Å². The Labute approximate surface area is 180 Å². The lowest BCUT2D eigenvalue weighted by molar-refractivity contribution is 0.0544.